The quantitative estimate of drug-likeness (QED) is 0.412. The molecule has 194 valence electrons. The van der Waals surface area contributed by atoms with E-state index in [2.05, 4.69) is 33.0 Å². The first-order valence-corrected chi connectivity index (χ1v) is 13.6. The van der Waals surface area contributed by atoms with Crippen molar-refractivity contribution < 1.29 is 14.6 Å². The van der Waals surface area contributed by atoms with Crippen molar-refractivity contribution in [2.75, 3.05) is 50.8 Å². The first-order valence-electron chi connectivity index (χ1n) is 12.7. The summed E-state index contributed by atoms with van der Waals surface area (Å²) < 4.78 is 6.70. The Kier molecular flexibility index (Phi) is 6.53. The standard InChI is InChI=1S/C26H31N7O3S/c1-16-14-33(26(35)17(2)34)7-6-32(16)15-18-12-22-23(37-18)25(31-8-10-36-11-9-31)29-24(28-22)19-4-3-5-21-20(19)13-27-30-21/h3-5,12-13,16-17,34H,6-11,14-15H2,1-2H3,(H,27,30)/t16-,17-/m0/s1. The second-order valence-corrected chi connectivity index (χ2v) is 11.0. The van der Waals surface area contributed by atoms with Gasteiger partial charge < -0.3 is 19.6 Å². The van der Waals surface area contributed by atoms with Gasteiger partial charge in [0.05, 0.1) is 35.1 Å². The Balaban J connectivity index is 1.34. The van der Waals surface area contributed by atoms with Crippen molar-refractivity contribution in [1.29, 1.82) is 0 Å². The third-order valence-electron chi connectivity index (χ3n) is 7.23. The molecule has 10 nitrogen and oxygen atoms in total. The molecule has 11 heteroatoms. The minimum Gasteiger partial charge on any atom is -0.384 e. The van der Waals surface area contributed by atoms with E-state index >= 15 is 0 Å². The van der Waals surface area contributed by atoms with Gasteiger partial charge >= 0.3 is 0 Å². The van der Waals surface area contributed by atoms with E-state index in [4.69, 9.17) is 14.7 Å². The number of anilines is 1. The zero-order valence-corrected chi connectivity index (χ0v) is 21.9. The summed E-state index contributed by atoms with van der Waals surface area (Å²) in [7, 11) is 0. The Labute approximate surface area is 218 Å². The van der Waals surface area contributed by atoms with E-state index in [1.807, 2.05) is 24.4 Å². The van der Waals surface area contributed by atoms with Crippen molar-refractivity contribution in [2.24, 2.45) is 0 Å². The third kappa shape index (κ3) is 4.68. The number of nitrogens with one attached hydrogen (secondary N) is 1. The molecule has 5 heterocycles. The number of rotatable bonds is 5. The largest absolute Gasteiger partial charge is 0.384 e. The van der Waals surface area contributed by atoms with Crippen molar-refractivity contribution in [3.8, 4) is 11.4 Å². The smallest absolute Gasteiger partial charge is 0.251 e. The van der Waals surface area contributed by atoms with E-state index in [1.165, 1.54) is 11.8 Å². The number of piperazine rings is 1. The van der Waals surface area contributed by atoms with Crippen LogP contribution in [0.3, 0.4) is 0 Å². The van der Waals surface area contributed by atoms with Crippen LogP contribution in [0.15, 0.2) is 30.5 Å². The van der Waals surface area contributed by atoms with Crippen LogP contribution in [0.1, 0.15) is 18.7 Å². The number of hydrogen-bond acceptors (Lipinski definition) is 9. The number of nitrogens with zero attached hydrogens (tertiary/aromatic N) is 6. The number of thiophene rings is 1. The molecule has 0 spiro atoms. The maximum absolute atomic E-state index is 12.3. The summed E-state index contributed by atoms with van der Waals surface area (Å²) in [5.74, 6) is 1.46. The average molecular weight is 522 g/mol. The summed E-state index contributed by atoms with van der Waals surface area (Å²) in [6.07, 6.45) is 0.871. The molecule has 6 rings (SSSR count). The number of morpholine rings is 1. The fourth-order valence-electron chi connectivity index (χ4n) is 5.21. The number of carbonyl (C=O) groups excluding carboxylic acids is 1. The lowest BCUT2D eigenvalue weighted by molar-refractivity contribution is -0.142. The molecule has 2 saturated heterocycles. The van der Waals surface area contributed by atoms with Gasteiger partial charge in [0.15, 0.2) is 11.6 Å². The number of H-pyrrole nitrogens is 1. The molecular weight excluding hydrogens is 490 g/mol. The van der Waals surface area contributed by atoms with Crippen LogP contribution < -0.4 is 4.90 Å². The highest BCUT2D eigenvalue weighted by molar-refractivity contribution is 7.19. The Hall–Kier alpha value is -3.12. The van der Waals surface area contributed by atoms with Crippen molar-refractivity contribution in [1.82, 2.24) is 30.0 Å². The molecule has 0 radical (unpaired) electrons. The number of amides is 1. The first-order chi connectivity index (χ1) is 18.0. The van der Waals surface area contributed by atoms with Gasteiger partial charge in [-0.05, 0) is 26.0 Å². The third-order valence-corrected chi connectivity index (χ3v) is 8.34. The van der Waals surface area contributed by atoms with Crippen molar-refractivity contribution in [3.05, 3.63) is 35.3 Å². The molecule has 2 aliphatic heterocycles. The van der Waals surface area contributed by atoms with E-state index in [1.54, 1.807) is 16.2 Å². The zero-order chi connectivity index (χ0) is 25.5. The Bertz CT molecular complexity index is 1430. The first kappa shape index (κ1) is 24.2. The van der Waals surface area contributed by atoms with Crippen LogP contribution in [0, 0.1) is 0 Å². The molecular formula is C26H31N7O3S. The second-order valence-electron chi connectivity index (χ2n) is 9.81. The molecule has 37 heavy (non-hydrogen) atoms. The van der Waals surface area contributed by atoms with E-state index in [0.717, 1.165) is 58.7 Å². The van der Waals surface area contributed by atoms with Gasteiger partial charge in [-0.25, -0.2) is 9.97 Å². The summed E-state index contributed by atoms with van der Waals surface area (Å²) in [6.45, 7) is 9.42. The predicted octanol–water partition coefficient (Wildman–Crippen LogP) is 2.48. The highest BCUT2D eigenvalue weighted by Gasteiger charge is 2.29. The molecule has 2 N–H and O–H groups in total. The molecule has 1 aromatic carbocycles. The van der Waals surface area contributed by atoms with E-state index in [9.17, 15) is 9.90 Å². The Morgan fingerprint density at radius 2 is 2.08 bits per heavy atom. The van der Waals surface area contributed by atoms with Gasteiger partial charge in [0.2, 0.25) is 0 Å². The van der Waals surface area contributed by atoms with Crippen molar-refractivity contribution in [2.45, 2.75) is 32.5 Å². The summed E-state index contributed by atoms with van der Waals surface area (Å²) in [6, 6.07) is 8.43. The highest BCUT2D eigenvalue weighted by atomic mass is 32.1. The van der Waals surface area contributed by atoms with Gasteiger partial charge in [-0.1, -0.05) is 12.1 Å². The number of aromatic amines is 1. The van der Waals surface area contributed by atoms with Gasteiger partial charge in [0.1, 0.15) is 6.10 Å². The second kappa shape index (κ2) is 9.97. The van der Waals surface area contributed by atoms with E-state index in [0.29, 0.717) is 32.1 Å². The fourth-order valence-corrected chi connectivity index (χ4v) is 6.35. The molecule has 2 aliphatic rings. The SMILES string of the molecule is C[C@H](O)C(=O)N1CCN(Cc2cc3nc(-c4cccc5[nH]ncc45)nc(N4CCOCC4)c3s2)[C@@H](C)C1. The van der Waals surface area contributed by atoms with Gasteiger partial charge in [-0.15, -0.1) is 11.3 Å². The van der Waals surface area contributed by atoms with Gasteiger partial charge in [0.25, 0.3) is 5.91 Å². The number of hydrogen-bond donors (Lipinski definition) is 2. The lowest BCUT2D eigenvalue weighted by Crippen LogP contribution is -2.54. The van der Waals surface area contributed by atoms with E-state index in [-0.39, 0.29) is 11.9 Å². The van der Waals surface area contributed by atoms with Gasteiger partial charge in [-0.3, -0.25) is 14.8 Å². The average Bonchev–Trinajstić information content (AvgIpc) is 3.56. The number of carbonyl (C=O) groups is 1. The molecule has 0 unspecified atom stereocenters. The number of fused-ring (bicyclic) bond motifs is 2. The minimum absolute atomic E-state index is 0.195. The monoisotopic (exact) mass is 521 g/mol. The van der Waals surface area contributed by atoms with Crippen molar-refractivity contribution >= 4 is 44.2 Å². The van der Waals surface area contributed by atoms with Crippen LogP contribution in [-0.4, -0.2) is 99.1 Å². The Morgan fingerprint density at radius 1 is 1.24 bits per heavy atom. The number of ether oxygens (including phenoxy) is 1. The lowest BCUT2D eigenvalue weighted by Gasteiger charge is -2.40. The molecule has 0 saturated carbocycles. The molecule has 0 aliphatic carbocycles. The molecule has 3 aromatic heterocycles. The lowest BCUT2D eigenvalue weighted by atomic mass is 10.1. The molecule has 0 bridgehead atoms. The molecule has 1 amide bonds. The van der Waals surface area contributed by atoms with Crippen LogP contribution in [0.2, 0.25) is 0 Å². The van der Waals surface area contributed by atoms with Gasteiger partial charge in [-0.2, -0.15) is 5.10 Å². The zero-order valence-electron chi connectivity index (χ0n) is 21.1. The van der Waals surface area contributed by atoms with Crippen LogP contribution in [-0.2, 0) is 16.1 Å². The van der Waals surface area contributed by atoms with Crippen molar-refractivity contribution in [3.63, 3.8) is 0 Å². The predicted molar refractivity (Wildman–Crippen MR) is 144 cm³/mol. The van der Waals surface area contributed by atoms with Gasteiger partial charge in [0, 0.05) is 61.1 Å². The number of aromatic nitrogens is 4. The van der Waals surface area contributed by atoms with Crippen LogP contribution in [0.25, 0.3) is 32.5 Å². The minimum atomic E-state index is -0.958. The van der Waals surface area contributed by atoms with Crippen LogP contribution >= 0.6 is 11.3 Å². The number of benzene rings is 1. The molecule has 4 aromatic rings. The fraction of sp³-hybridized carbons (Fsp3) is 0.462. The number of aliphatic hydroxyl groups excluding tert-OH is 1. The molecule has 2 fully saturated rings. The normalized spacial score (nSPS) is 20.1. The van der Waals surface area contributed by atoms with Crippen LogP contribution in [0.4, 0.5) is 5.82 Å². The highest BCUT2D eigenvalue weighted by Crippen LogP contribution is 2.36. The maximum atomic E-state index is 12.3. The van der Waals surface area contributed by atoms with E-state index < -0.39 is 6.10 Å². The van der Waals surface area contributed by atoms with Crippen LogP contribution in [0.5, 0.6) is 0 Å². The maximum Gasteiger partial charge on any atom is 0.251 e. The summed E-state index contributed by atoms with van der Waals surface area (Å²) >= 11 is 1.75. The summed E-state index contributed by atoms with van der Waals surface area (Å²) in [5.41, 5.74) is 2.87. The number of aliphatic hydroxyl groups is 1. The topological polar surface area (TPSA) is 111 Å². The summed E-state index contributed by atoms with van der Waals surface area (Å²) in [5, 5.41) is 18.0. The summed E-state index contributed by atoms with van der Waals surface area (Å²) in [4.78, 5) is 30.0. The molecule has 2 atom stereocenters. The Morgan fingerprint density at radius 3 is 2.86 bits per heavy atom.